The molecule has 3 rings (SSSR count). The average Bonchev–Trinajstić information content (AvgIpc) is 3.05. The first-order chi connectivity index (χ1) is 13.7. The van der Waals surface area contributed by atoms with Crippen molar-refractivity contribution >= 4 is 39.0 Å². The van der Waals surface area contributed by atoms with Gasteiger partial charge in [0.2, 0.25) is 15.9 Å². The first-order valence-corrected chi connectivity index (χ1v) is 11.2. The number of thiophene rings is 1. The van der Waals surface area contributed by atoms with Crippen LogP contribution in [0.1, 0.15) is 15.3 Å². The number of nitro benzene ring substituents is 1. The number of carbonyl (C=O) groups is 1. The fourth-order valence-corrected chi connectivity index (χ4v) is 6.16. The Kier molecular flexibility index (Phi) is 6.15. The van der Waals surface area contributed by atoms with Gasteiger partial charge in [-0.1, -0.05) is 12.1 Å². The molecule has 29 heavy (non-hydrogen) atoms. The Bertz CT molecular complexity index is 1070. The van der Waals surface area contributed by atoms with Crippen LogP contribution in [0.25, 0.3) is 6.08 Å². The van der Waals surface area contributed by atoms with Crippen molar-refractivity contribution < 1.29 is 18.1 Å². The number of sulfonamides is 1. The Morgan fingerprint density at radius 2 is 1.83 bits per heavy atom. The fraction of sp³-hybridized carbons (Fsp3) is 0.316. The molecular weight excluding hydrogens is 414 g/mol. The van der Waals surface area contributed by atoms with E-state index in [9.17, 15) is 23.3 Å². The van der Waals surface area contributed by atoms with Crippen LogP contribution in [0.4, 0.5) is 5.69 Å². The molecule has 0 aliphatic carbocycles. The van der Waals surface area contributed by atoms with Gasteiger partial charge in [-0.3, -0.25) is 14.9 Å². The Balaban J connectivity index is 1.66. The van der Waals surface area contributed by atoms with Crippen molar-refractivity contribution in [3.05, 3.63) is 61.8 Å². The quantitative estimate of drug-likeness (QED) is 0.408. The minimum atomic E-state index is -3.58. The second-order valence-electron chi connectivity index (χ2n) is 6.66. The number of nitro groups is 1. The molecule has 1 fully saturated rings. The summed E-state index contributed by atoms with van der Waals surface area (Å²) in [5, 5.41) is 11.1. The van der Waals surface area contributed by atoms with E-state index in [1.54, 1.807) is 36.1 Å². The van der Waals surface area contributed by atoms with Gasteiger partial charge in [-0.2, -0.15) is 4.31 Å². The van der Waals surface area contributed by atoms with Crippen molar-refractivity contribution in [2.75, 3.05) is 26.2 Å². The van der Waals surface area contributed by atoms with Gasteiger partial charge >= 0.3 is 0 Å². The topological polar surface area (TPSA) is 101 Å². The minimum absolute atomic E-state index is 0.0751. The monoisotopic (exact) mass is 435 g/mol. The lowest BCUT2D eigenvalue weighted by Crippen LogP contribution is -2.50. The summed E-state index contributed by atoms with van der Waals surface area (Å²) in [6, 6.07) is 7.85. The van der Waals surface area contributed by atoms with E-state index in [0.717, 1.165) is 9.75 Å². The zero-order valence-corrected chi connectivity index (χ0v) is 17.7. The zero-order valence-electron chi connectivity index (χ0n) is 16.1. The van der Waals surface area contributed by atoms with E-state index in [4.69, 9.17) is 0 Å². The lowest BCUT2D eigenvalue weighted by atomic mass is 10.1. The number of para-hydroxylation sites is 1. The highest BCUT2D eigenvalue weighted by Crippen LogP contribution is 2.28. The number of piperazine rings is 1. The average molecular weight is 436 g/mol. The van der Waals surface area contributed by atoms with Crippen LogP contribution in [0.5, 0.6) is 0 Å². The third-order valence-corrected chi connectivity index (χ3v) is 7.82. The van der Waals surface area contributed by atoms with Crippen LogP contribution < -0.4 is 0 Å². The Hall–Kier alpha value is -2.56. The molecular formula is C19H21N3O5S2. The molecule has 0 bridgehead atoms. The smallest absolute Gasteiger partial charge is 0.276 e. The molecule has 1 amide bonds. The van der Waals surface area contributed by atoms with Gasteiger partial charge in [0, 0.05) is 48.1 Å². The molecule has 1 aromatic carbocycles. The summed E-state index contributed by atoms with van der Waals surface area (Å²) in [5.74, 6) is -0.303. The van der Waals surface area contributed by atoms with Gasteiger partial charge in [-0.05, 0) is 32.1 Å². The molecule has 0 radical (unpaired) electrons. The predicted octanol–water partition coefficient (Wildman–Crippen LogP) is 2.82. The third kappa shape index (κ3) is 4.55. The zero-order chi connectivity index (χ0) is 21.2. The Morgan fingerprint density at radius 1 is 1.17 bits per heavy atom. The largest absolute Gasteiger partial charge is 0.337 e. The van der Waals surface area contributed by atoms with Crippen molar-refractivity contribution in [3.63, 3.8) is 0 Å². The molecule has 10 heteroatoms. The second-order valence-corrected chi connectivity index (χ2v) is 10.0. The molecule has 0 unspecified atom stereocenters. The SMILES string of the molecule is Cc1cc(S(=O)(=O)N2CCN(C(=O)C=Cc3ccccc3[N+](=O)[O-])CC2)c(C)s1. The summed E-state index contributed by atoms with van der Waals surface area (Å²) in [6.07, 6.45) is 2.71. The maximum Gasteiger partial charge on any atom is 0.276 e. The maximum atomic E-state index is 12.9. The molecule has 2 aromatic rings. The number of nitrogens with zero attached hydrogens (tertiary/aromatic N) is 3. The highest BCUT2D eigenvalue weighted by molar-refractivity contribution is 7.89. The van der Waals surface area contributed by atoms with Crippen LogP contribution >= 0.6 is 11.3 Å². The molecule has 2 heterocycles. The van der Waals surface area contributed by atoms with Crippen LogP contribution in [0.15, 0.2) is 41.3 Å². The first kappa shape index (κ1) is 21.2. The van der Waals surface area contributed by atoms with E-state index < -0.39 is 14.9 Å². The normalized spacial score (nSPS) is 15.7. The van der Waals surface area contributed by atoms with Crippen molar-refractivity contribution in [2.45, 2.75) is 18.7 Å². The third-order valence-electron chi connectivity index (χ3n) is 4.70. The predicted molar refractivity (Wildman–Crippen MR) is 111 cm³/mol. The highest BCUT2D eigenvalue weighted by atomic mass is 32.2. The number of hydrogen-bond acceptors (Lipinski definition) is 6. The van der Waals surface area contributed by atoms with Gasteiger partial charge in [-0.25, -0.2) is 8.42 Å². The van der Waals surface area contributed by atoms with Gasteiger partial charge in [0.15, 0.2) is 0 Å². The van der Waals surface area contributed by atoms with Gasteiger partial charge < -0.3 is 4.90 Å². The number of hydrogen-bond donors (Lipinski definition) is 0. The van der Waals surface area contributed by atoms with E-state index in [-0.39, 0.29) is 37.8 Å². The van der Waals surface area contributed by atoms with E-state index in [1.165, 1.54) is 33.9 Å². The Labute approximate surface area is 173 Å². The van der Waals surface area contributed by atoms with Crippen LogP contribution in [0.3, 0.4) is 0 Å². The summed E-state index contributed by atoms with van der Waals surface area (Å²) in [7, 11) is -3.58. The molecule has 154 valence electrons. The van der Waals surface area contributed by atoms with E-state index in [2.05, 4.69) is 0 Å². The summed E-state index contributed by atoms with van der Waals surface area (Å²) < 4.78 is 27.1. The van der Waals surface area contributed by atoms with Gasteiger partial charge in [0.1, 0.15) is 0 Å². The van der Waals surface area contributed by atoms with Gasteiger partial charge in [0.25, 0.3) is 5.69 Å². The molecule has 1 aliphatic heterocycles. The highest BCUT2D eigenvalue weighted by Gasteiger charge is 2.31. The summed E-state index contributed by atoms with van der Waals surface area (Å²) >= 11 is 1.45. The van der Waals surface area contributed by atoms with E-state index >= 15 is 0 Å². The van der Waals surface area contributed by atoms with E-state index in [0.29, 0.717) is 10.5 Å². The molecule has 1 aliphatic rings. The summed E-state index contributed by atoms with van der Waals surface area (Å²) in [4.78, 5) is 26.6. The Morgan fingerprint density at radius 3 is 2.41 bits per heavy atom. The van der Waals surface area contributed by atoms with Crippen LogP contribution in [-0.2, 0) is 14.8 Å². The van der Waals surface area contributed by atoms with Crippen LogP contribution in [0.2, 0.25) is 0 Å². The number of rotatable bonds is 5. The van der Waals surface area contributed by atoms with Crippen molar-refractivity contribution in [1.82, 2.24) is 9.21 Å². The fourth-order valence-electron chi connectivity index (χ4n) is 3.21. The lowest BCUT2D eigenvalue weighted by molar-refractivity contribution is -0.385. The van der Waals surface area contributed by atoms with Crippen LogP contribution in [0, 0.1) is 24.0 Å². The molecule has 1 aromatic heterocycles. The van der Waals surface area contributed by atoms with E-state index in [1.807, 2.05) is 6.92 Å². The number of carbonyl (C=O) groups excluding carboxylic acids is 1. The molecule has 8 nitrogen and oxygen atoms in total. The van der Waals surface area contributed by atoms with Gasteiger partial charge in [0.05, 0.1) is 15.4 Å². The summed E-state index contributed by atoms with van der Waals surface area (Å²) in [6.45, 7) is 4.61. The number of benzene rings is 1. The standard InChI is InChI=1S/C19H21N3O5S2/c1-14-13-18(15(2)28-14)29(26,27)21-11-9-20(10-12-21)19(23)8-7-16-5-3-4-6-17(16)22(24)25/h3-8,13H,9-12H2,1-2H3. The van der Waals surface area contributed by atoms with Crippen molar-refractivity contribution in [1.29, 1.82) is 0 Å². The van der Waals surface area contributed by atoms with Crippen molar-refractivity contribution in [3.8, 4) is 0 Å². The van der Waals surface area contributed by atoms with Crippen molar-refractivity contribution in [2.24, 2.45) is 0 Å². The molecule has 0 spiro atoms. The molecule has 0 N–H and O–H groups in total. The summed E-state index contributed by atoms with van der Waals surface area (Å²) in [5.41, 5.74) is 0.268. The number of amides is 1. The first-order valence-electron chi connectivity index (χ1n) is 8.98. The second kappa shape index (κ2) is 8.44. The molecule has 0 atom stereocenters. The number of aryl methyl sites for hydroxylation is 2. The van der Waals surface area contributed by atoms with Crippen LogP contribution in [-0.4, -0.2) is 54.6 Å². The molecule has 0 saturated carbocycles. The maximum absolute atomic E-state index is 12.9. The lowest BCUT2D eigenvalue weighted by Gasteiger charge is -2.33. The minimum Gasteiger partial charge on any atom is -0.337 e. The van der Waals surface area contributed by atoms with Gasteiger partial charge in [-0.15, -0.1) is 11.3 Å². The molecule has 1 saturated heterocycles.